The first kappa shape index (κ1) is 19.1. The second kappa shape index (κ2) is 8.05. The number of ether oxygens (including phenoxy) is 1. The number of hydrogen-bond donors (Lipinski definition) is 2. The van der Waals surface area contributed by atoms with Gasteiger partial charge in [0, 0.05) is 29.6 Å². The van der Waals surface area contributed by atoms with Crippen LogP contribution in [0.25, 0.3) is 21.1 Å². The summed E-state index contributed by atoms with van der Waals surface area (Å²) in [5.41, 5.74) is 4.55. The molecule has 7 heteroatoms. The smallest absolute Gasteiger partial charge is 0.338 e. The molecule has 0 bridgehead atoms. The first-order valence-electron chi connectivity index (χ1n) is 9.38. The molecule has 2 N–H and O–H groups in total. The fraction of sp³-hybridized carbons (Fsp3) is 0.227. The number of nitrogens with one attached hydrogen (secondary N) is 2. The molecule has 0 unspecified atom stereocenters. The lowest BCUT2D eigenvalue weighted by Gasteiger charge is -2.06. The summed E-state index contributed by atoms with van der Waals surface area (Å²) in [5.74, 6) is -0.833. The van der Waals surface area contributed by atoms with Crippen LogP contribution in [0.3, 0.4) is 0 Å². The third-order valence-electron chi connectivity index (χ3n) is 4.88. The van der Waals surface area contributed by atoms with Gasteiger partial charge in [-0.25, -0.2) is 9.78 Å². The number of aromatic nitrogens is 2. The number of para-hydroxylation sites is 1. The maximum Gasteiger partial charge on any atom is 0.338 e. The van der Waals surface area contributed by atoms with Gasteiger partial charge in [0.2, 0.25) is 0 Å². The van der Waals surface area contributed by atoms with Crippen LogP contribution in [0.5, 0.6) is 0 Å². The highest BCUT2D eigenvalue weighted by Gasteiger charge is 2.13. The van der Waals surface area contributed by atoms with E-state index in [0.29, 0.717) is 18.5 Å². The fourth-order valence-corrected chi connectivity index (χ4v) is 4.16. The van der Waals surface area contributed by atoms with Gasteiger partial charge >= 0.3 is 5.97 Å². The highest BCUT2D eigenvalue weighted by molar-refractivity contribution is 7.18. The lowest BCUT2D eigenvalue weighted by molar-refractivity contribution is -0.124. The zero-order chi connectivity index (χ0) is 20.4. The maximum atomic E-state index is 12.3. The van der Waals surface area contributed by atoms with Crippen molar-refractivity contribution in [2.24, 2.45) is 0 Å². The Labute approximate surface area is 171 Å². The molecule has 6 nitrogen and oxygen atoms in total. The van der Waals surface area contributed by atoms with Gasteiger partial charge in [-0.3, -0.25) is 4.79 Å². The number of aryl methyl sites for hydroxylation is 2. The van der Waals surface area contributed by atoms with Gasteiger partial charge < -0.3 is 15.0 Å². The Morgan fingerprint density at radius 3 is 2.83 bits per heavy atom. The molecule has 2 aromatic heterocycles. The van der Waals surface area contributed by atoms with E-state index >= 15 is 0 Å². The minimum Gasteiger partial charge on any atom is -0.452 e. The second-order valence-electron chi connectivity index (χ2n) is 6.89. The third-order valence-corrected chi connectivity index (χ3v) is 5.97. The van der Waals surface area contributed by atoms with E-state index in [4.69, 9.17) is 4.74 Å². The number of hydrogen-bond acceptors (Lipinski definition) is 5. The molecule has 4 aromatic rings. The summed E-state index contributed by atoms with van der Waals surface area (Å²) in [5, 5.41) is 4.72. The number of aromatic amines is 1. The van der Waals surface area contributed by atoms with Crippen LogP contribution in [0.4, 0.5) is 0 Å². The van der Waals surface area contributed by atoms with Gasteiger partial charge in [-0.2, -0.15) is 0 Å². The average Bonchev–Trinajstić information content (AvgIpc) is 3.26. The van der Waals surface area contributed by atoms with E-state index in [9.17, 15) is 9.59 Å². The van der Waals surface area contributed by atoms with Gasteiger partial charge in [0.15, 0.2) is 6.61 Å². The highest BCUT2D eigenvalue weighted by Crippen LogP contribution is 2.23. The highest BCUT2D eigenvalue weighted by atomic mass is 32.1. The Kier molecular flexibility index (Phi) is 5.31. The number of amides is 1. The summed E-state index contributed by atoms with van der Waals surface area (Å²) in [4.78, 5) is 32.1. The second-order valence-corrected chi connectivity index (χ2v) is 8.00. The molecule has 0 fully saturated rings. The van der Waals surface area contributed by atoms with Crippen LogP contribution in [-0.4, -0.2) is 35.0 Å². The Bertz CT molecular complexity index is 1180. The van der Waals surface area contributed by atoms with E-state index in [1.54, 1.807) is 23.5 Å². The molecule has 0 atom stereocenters. The summed E-state index contributed by atoms with van der Waals surface area (Å²) in [6.45, 7) is 4.14. The normalized spacial score (nSPS) is 11.1. The van der Waals surface area contributed by atoms with Crippen LogP contribution >= 0.6 is 11.3 Å². The molecule has 2 aromatic carbocycles. The van der Waals surface area contributed by atoms with Gasteiger partial charge in [0.1, 0.15) is 0 Å². The first-order chi connectivity index (χ1) is 14.0. The van der Waals surface area contributed by atoms with Crippen molar-refractivity contribution in [1.82, 2.24) is 15.3 Å². The van der Waals surface area contributed by atoms with Crippen LogP contribution in [0.2, 0.25) is 0 Å². The first-order valence-corrected chi connectivity index (χ1v) is 10.2. The van der Waals surface area contributed by atoms with E-state index in [2.05, 4.69) is 15.3 Å². The largest absolute Gasteiger partial charge is 0.452 e. The van der Waals surface area contributed by atoms with Gasteiger partial charge in [0.05, 0.1) is 20.8 Å². The number of H-pyrrole nitrogens is 1. The van der Waals surface area contributed by atoms with E-state index < -0.39 is 5.97 Å². The third kappa shape index (κ3) is 4.14. The summed E-state index contributed by atoms with van der Waals surface area (Å²) in [7, 11) is 0. The van der Waals surface area contributed by atoms with Gasteiger partial charge in [-0.1, -0.05) is 12.1 Å². The molecule has 1 amide bonds. The molecule has 2 heterocycles. The quantitative estimate of drug-likeness (QED) is 0.475. The lowest BCUT2D eigenvalue weighted by Crippen LogP contribution is -2.30. The van der Waals surface area contributed by atoms with Gasteiger partial charge in [0.25, 0.3) is 5.91 Å². The summed E-state index contributed by atoms with van der Waals surface area (Å²) >= 11 is 1.62. The number of carbonyl (C=O) groups is 2. The lowest BCUT2D eigenvalue weighted by atomic mass is 10.1. The molecule has 4 rings (SSSR count). The maximum absolute atomic E-state index is 12.3. The van der Waals surface area contributed by atoms with Crippen LogP contribution in [0, 0.1) is 13.8 Å². The molecule has 0 spiro atoms. The van der Waals surface area contributed by atoms with Crippen molar-refractivity contribution in [3.63, 3.8) is 0 Å². The Morgan fingerprint density at radius 1 is 1.17 bits per heavy atom. The number of carbonyl (C=O) groups excluding carboxylic acids is 2. The Hall–Kier alpha value is -3.19. The molecular formula is C22H21N3O3S. The Balaban J connectivity index is 1.27. The summed E-state index contributed by atoms with van der Waals surface area (Å²) < 4.78 is 6.29. The van der Waals surface area contributed by atoms with Crippen molar-refractivity contribution in [1.29, 1.82) is 0 Å². The number of fused-ring (bicyclic) bond motifs is 2. The van der Waals surface area contributed by atoms with Crippen molar-refractivity contribution in [2.75, 3.05) is 13.2 Å². The van der Waals surface area contributed by atoms with Crippen LogP contribution in [0.15, 0.2) is 42.5 Å². The molecule has 148 valence electrons. The van der Waals surface area contributed by atoms with Crippen molar-refractivity contribution in [2.45, 2.75) is 20.3 Å². The number of benzene rings is 2. The molecule has 0 aliphatic heterocycles. The topological polar surface area (TPSA) is 84.1 Å². The molecule has 0 aliphatic carbocycles. The Morgan fingerprint density at radius 2 is 2.00 bits per heavy atom. The molecule has 0 saturated heterocycles. The van der Waals surface area contributed by atoms with Crippen molar-refractivity contribution in [3.05, 3.63) is 64.3 Å². The number of esters is 1. The zero-order valence-electron chi connectivity index (χ0n) is 16.2. The standard InChI is InChI=1S/C22H21N3O3S/c1-13-14(2)24-17-8-7-15(11-16(13)17)22(27)28-12-20(26)23-10-9-21-25-18-5-3-4-6-19(18)29-21/h3-8,11,24H,9-10,12H2,1-2H3,(H,23,26). The molecular weight excluding hydrogens is 386 g/mol. The monoisotopic (exact) mass is 407 g/mol. The number of thiazole rings is 1. The predicted molar refractivity (Wildman–Crippen MR) is 114 cm³/mol. The molecule has 0 radical (unpaired) electrons. The predicted octanol–water partition coefficient (Wildman–Crippen LogP) is 3.91. The minimum atomic E-state index is -0.508. The van der Waals surface area contributed by atoms with Crippen LogP contribution < -0.4 is 5.32 Å². The zero-order valence-corrected chi connectivity index (χ0v) is 17.1. The van der Waals surface area contributed by atoms with Gasteiger partial charge in [-0.15, -0.1) is 11.3 Å². The number of nitrogens with zero attached hydrogens (tertiary/aromatic N) is 1. The molecule has 0 saturated carbocycles. The van der Waals surface area contributed by atoms with E-state index in [-0.39, 0.29) is 12.5 Å². The van der Waals surface area contributed by atoms with Crippen molar-refractivity contribution in [3.8, 4) is 0 Å². The minimum absolute atomic E-state index is 0.304. The average molecular weight is 407 g/mol. The van der Waals surface area contributed by atoms with E-state index in [1.165, 1.54) is 0 Å². The van der Waals surface area contributed by atoms with Gasteiger partial charge in [-0.05, 0) is 49.7 Å². The van der Waals surface area contributed by atoms with Crippen LogP contribution in [-0.2, 0) is 16.0 Å². The van der Waals surface area contributed by atoms with Crippen molar-refractivity contribution < 1.29 is 14.3 Å². The molecule has 29 heavy (non-hydrogen) atoms. The van der Waals surface area contributed by atoms with Crippen molar-refractivity contribution >= 4 is 44.3 Å². The molecule has 0 aliphatic rings. The van der Waals surface area contributed by atoms with Crippen LogP contribution in [0.1, 0.15) is 26.6 Å². The van der Waals surface area contributed by atoms with E-state index in [1.807, 2.05) is 44.2 Å². The summed E-state index contributed by atoms with van der Waals surface area (Å²) in [6.07, 6.45) is 0.641. The number of rotatable bonds is 6. The summed E-state index contributed by atoms with van der Waals surface area (Å²) in [6, 6.07) is 13.3. The fourth-order valence-electron chi connectivity index (χ4n) is 3.19. The SMILES string of the molecule is Cc1[nH]c2ccc(C(=O)OCC(=O)NCCc3nc4ccccc4s3)cc2c1C. The van der Waals surface area contributed by atoms with E-state index in [0.717, 1.165) is 37.4 Å².